The van der Waals surface area contributed by atoms with Crippen LogP contribution < -0.4 is 0 Å². The van der Waals surface area contributed by atoms with E-state index in [-0.39, 0.29) is 35.6 Å². The molecule has 0 aromatic heterocycles. The minimum atomic E-state index is -0.181. The molecular formula is C28H30Cl2N4O3. The molecule has 2 saturated heterocycles. The summed E-state index contributed by atoms with van der Waals surface area (Å²) in [6.45, 7) is 3.73. The highest BCUT2D eigenvalue weighted by atomic mass is 35.5. The Labute approximate surface area is 227 Å². The van der Waals surface area contributed by atoms with Gasteiger partial charge in [-0.1, -0.05) is 35.3 Å². The number of nitrogens with zero attached hydrogens (tertiary/aromatic N) is 4. The van der Waals surface area contributed by atoms with Crippen LogP contribution in [0.3, 0.4) is 0 Å². The Morgan fingerprint density at radius 2 is 1.68 bits per heavy atom. The third kappa shape index (κ3) is 5.92. The van der Waals surface area contributed by atoms with Gasteiger partial charge in [-0.05, 0) is 55.2 Å². The van der Waals surface area contributed by atoms with Crippen molar-refractivity contribution >= 4 is 40.9 Å². The van der Waals surface area contributed by atoms with E-state index in [9.17, 15) is 19.6 Å². The summed E-state index contributed by atoms with van der Waals surface area (Å²) >= 11 is 12.5. The lowest BCUT2D eigenvalue weighted by Crippen LogP contribution is -2.53. The van der Waals surface area contributed by atoms with Crippen molar-refractivity contribution in [2.45, 2.75) is 38.1 Å². The Morgan fingerprint density at radius 1 is 0.973 bits per heavy atom. The molecule has 2 aliphatic rings. The fourth-order valence-electron chi connectivity index (χ4n) is 5.45. The second-order valence-corrected chi connectivity index (χ2v) is 10.6. The molecule has 2 atom stereocenters. The first-order valence-electron chi connectivity index (χ1n) is 12.5. The fraction of sp³-hybridized carbons (Fsp3) is 0.429. The van der Waals surface area contributed by atoms with E-state index < -0.39 is 0 Å². The molecule has 2 aromatic rings. The summed E-state index contributed by atoms with van der Waals surface area (Å²) in [7, 11) is 1.77. The molecule has 0 unspecified atom stereocenters. The van der Waals surface area contributed by atoms with Gasteiger partial charge in [-0.3, -0.25) is 14.4 Å². The van der Waals surface area contributed by atoms with Crippen molar-refractivity contribution in [2.75, 3.05) is 33.2 Å². The number of benzene rings is 2. The molecule has 194 valence electrons. The van der Waals surface area contributed by atoms with E-state index in [1.807, 2.05) is 17.0 Å². The summed E-state index contributed by atoms with van der Waals surface area (Å²) in [5.41, 5.74) is 1.79. The van der Waals surface area contributed by atoms with E-state index in [0.29, 0.717) is 66.6 Å². The van der Waals surface area contributed by atoms with Crippen LogP contribution in [0.4, 0.5) is 0 Å². The molecule has 2 fully saturated rings. The lowest BCUT2D eigenvalue weighted by Gasteiger charge is -2.44. The van der Waals surface area contributed by atoms with Crippen molar-refractivity contribution in [2.24, 2.45) is 5.92 Å². The van der Waals surface area contributed by atoms with Gasteiger partial charge in [0.15, 0.2) is 0 Å². The van der Waals surface area contributed by atoms with E-state index >= 15 is 0 Å². The van der Waals surface area contributed by atoms with Crippen molar-refractivity contribution in [1.82, 2.24) is 14.7 Å². The molecule has 0 bridgehead atoms. The summed E-state index contributed by atoms with van der Waals surface area (Å²) < 4.78 is 0. The molecule has 0 N–H and O–H groups in total. The molecule has 0 aliphatic carbocycles. The topological polar surface area (TPSA) is 84.7 Å². The number of likely N-dealkylation sites (N-methyl/N-ethyl adjacent to an activating group) is 1. The molecule has 0 spiro atoms. The molecule has 2 aromatic carbocycles. The van der Waals surface area contributed by atoms with E-state index in [1.165, 1.54) is 0 Å². The highest BCUT2D eigenvalue weighted by Gasteiger charge is 2.39. The van der Waals surface area contributed by atoms with Gasteiger partial charge < -0.3 is 14.7 Å². The maximum absolute atomic E-state index is 13.5. The van der Waals surface area contributed by atoms with Gasteiger partial charge in [0.25, 0.3) is 5.91 Å². The SMILES string of the molecule is CC(=O)N1CCC(C(=O)N2CC[C@@H](N(C)C(=O)c3cccc(C#N)c3)[C@H](c3ccc(Cl)c(Cl)c3)C2)CC1. The molecule has 2 aliphatic heterocycles. The normalized spacial score (nSPS) is 20.3. The lowest BCUT2D eigenvalue weighted by molar-refractivity contribution is -0.141. The molecule has 0 saturated carbocycles. The van der Waals surface area contributed by atoms with Crippen LogP contribution in [0.25, 0.3) is 0 Å². The number of likely N-dealkylation sites (tertiary alicyclic amines) is 2. The first kappa shape index (κ1) is 27.0. The van der Waals surface area contributed by atoms with Gasteiger partial charge in [-0.25, -0.2) is 0 Å². The lowest BCUT2D eigenvalue weighted by atomic mass is 9.83. The minimum absolute atomic E-state index is 0.0411. The Kier molecular flexibility index (Phi) is 8.41. The quantitative estimate of drug-likeness (QED) is 0.568. The van der Waals surface area contributed by atoms with Gasteiger partial charge in [0.05, 0.1) is 21.7 Å². The van der Waals surface area contributed by atoms with Gasteiger partial charge in [-0.15, -0.1) is 0 Å². The number of rotatable bonds is 4. The van der Waals surface area contributed by atoms with Crippen molar-refractivity contribution in [1.29, 1.82) is 5.26 Å². The monoisotopic (exact) mass is 540 g/mol. The van der Waals surface area contributed by atoms with Gasteiger partial charge in [0.2, 0.25) is 11.8 Å². The first-order valence-corrected chi connectivity index (χ1v) is 13.2. The molecule has 4 rings (SSSR count). The van der Waals surface area contributed by atoms with Crippen LogP contribution in [0.1, 0.15) is 53.6 Å². The Hall–Kier alpha value is -3.08. The smallest absolute Gasteiger partial charge is 0.253 e. The summed E-state index contributed by atoms with van der Waals surface area (Å²) in [6.07, 6.45) is 1.91. The Bertz CT molecular complexity index is 1240. The van der Waals surface area contributed by atoms with Crippen LogP contribution >= 0.6 is 23.2 Å². The maximum Gasteiger partial charge on any atom is 0.253 e. The van der Waals surface area contributed by atoms with Crippen LogP contribution in [-0.4, -0.2) is 71.7 Å². The highest BCUT2D eigenvalue weighted by molar-refractivity contribution is 6.42. The largest absolute Gasteiger partial charge is 0.343 e. The third-order valence-electron chi connectivity index (χ3n) is 7.61. The molecule has 2 heterocycles. The first-order chi connectivity index (χ1) is 17.7. The summed E-state index contributed by atoms with van der Waals surface area (Å²) in [4.78, 5) is 44.0. The molecule has 37 heavy (non-hydrogen) atoms. The summed E-state index contributed by atoms with van der Waals surface area (Å²) in [5, 5.41) is 10.1. The van der Waals surface area contributed by atoms with Crippen molar-refractivity contribution in [3.8, 4) is 6.07 Å². The number of halogens is 2. The second-order valence-electron chi connectivity index (χ2n) is 9.81. The molecule has 3 amide bonds. The Balaban J connectivity index is 1.56. The van der Waals surface area contributed by atoms with E-state index in [0.717, 1.165) is 5.56 Å². The van der Waals surface area contributed by atoms with Crippen molar-refractivity contribution in [3.63, 3.8) is 0 Å². The Morgan fingerprint density at radius 3 is 2.32 bits per heavy atom. The van der Waals surface area contributed by atoms with Gasteiger partial charge in [-0.2, -0.15) is 5.26 Å². The molecule has 0 radical (unpaired) electrons. The summed E-state index contributed by atoms with van der Waals surface area (Å²) in [5.74, 6) is -0.321. The fourth-order valence-corrected chi connectivity index (χ4v) is 5.76. The number of hydrogen-bond donors (Lipinski definition) is 0. The number of nitriles is 1. The third-order valence-corrected chi connectivity index (χ3v) is 8.34. The number of amides is 3. The number of carbonyl (C=O) groups is 3. The molecule has 7 nitrogen and oxygen atoms in total. The predicted molar refractivity (Wildman–Crippen MR) is 142 cm³/mol. The zero-order chi connectivity index (χ0) is 26.7. The predicted octanol–water partition coefficient (Wildman–Crippen LogP) is 4.58. The van der Waals surface area contributed by atoms with E-state index in [4.69, 9.17) is 23.2 Å². The van der Waals surface area contributed by atoms with Gasteiger partial charge >= 0.3 is 0 Å². The zero-order valence-electron chi connectivity index (χ0n) is 21.0. The average molecular weight is 541 g/mol. The number of hydrogen-bond acceptors (Lipinski definition) is 4. The summed E-state index contributed by atoms with van der Waals surface area (Å²) in [6, 6.07) is 14.0. The van der Waals surface area contributed by atoms with E-state index in [2.05, 4.69) is 6.07 Å². The van der Waals surface area contributed by atoms with Crippen molar-refractivity contribution in [3.05, 3.63) is 69.2 Å². The van der Waals surface area contributed by atoms with Crippen LogP contribution in [0.15, 0.2) is 42.5 Å². The molecule has 9 heteroatoms. The van der Waals surface area contributed by atoms with Crippen LogP contribution in [0, 0.1) is 17.2 Å². The van der Waals surface area contributed by atoms with Gasteiger partial charge in [0, 0.05) is 63.6 Å². The van der Waals surface area contributed by atoms with Crippen LogP contribution in [0.5, 0.6) is 0 Å². The highest BCUT2D eigenvalue weighted by Crippen LogP contribution is 2.35. The zero-order valence-corrected chi connectivity index (χ0v) is 22.5. The number of carbonyl (C=O) groups excluding carboxylic acids is 3. The number of piperidine rings is 2. The van der Waals surface area contributed by atoms with Crippen molar-refractivity contribution < 1.29 is 14.4 Å². The van der Waals surface area contributed by atoms with Crippen LogP contribution in [-0.2, 0) is 9.59 Å². The second kappa shape index (κ2) is 11.5. The molecular weight excluding hydrogens is 511 g/mol. The maximum atomic E-state index is 13.5. The minimum Gasteiger partial charge on any atom is -0.343 e. The van der Waals surface area contributed by atoms with Gasteiger partial charge in [0.1, 0.15) is 0 Å². The van der Waals surface area contributed by atoms with Crippen LogP contribution in [0.2, 0.25) is 10.0 Å². The van der Waals surface area contributed by atoms with E-state index in [1.54, 1.807) is 54.1 Å². The standard InChI is InChI=1S/C28H30Cl2N4O3/c1-18(35)33-11-8-20(9-12-33)28(37)34-13-10-26(23(17-34)21-6-7-24(29)25(30)15-21)32(2)27(36)22-5-3-4-19(14-22)16-31/h3-7,14-15,20,23,26H,8-13,17H2,1-2H3/t23-,26+/m0/s1. The average Bonchev–Trinajstić information content (AvgIpc) is 2.93.